The Morgan fingerprint density at radius 3 is 2.85 bits per heavy atom. The summed E-state index contributed by atoms with van der Waals surface area (Å²) in [7, 11) is 0. The van der Waals surface area contributed by atoms with E-state index >= 15 is 0 Å². The third-order valence-corrected chi connectivity index (χ3v) is 5.69. The summed E-state index contributed by atoms with van der Waals surface area (Å²) in [4.78, 5) is 17.0. The van der Waals surface area contributed by atoms with E-state index in [0.29, 0.717) is 0 Å². The molecule has 1 aromatic heterocycles. The molecule has 1 aliphatic heterocycles. The van der Waals surface area contributed by atoms with Gasteiger partial charge in [0.25, 0.3) is 0 Å². The molecule has 0 bridgehead atoms. The normalized spacial score (nSPS) is 24.4. The summed E-state index contributed by atoms with van der Waals surface area (Å²) in [5, 5.41) is 3.43. The topological polar surface area (TPSA) is 32.3 Å². The van der Waals surface area contributed by atoms with Gasteiger partial charge in [-0.2, -0.15) is 11.8 Å². The number of thioether (sulfide) groups is 1. The molecule has 1 aromatic rings. The van der Waals surface area contributed by atoms with Crippen LogP contribution >= 0.6 is 23.1 Å². The van der Waals surface area contributed by atoms with Gasteiger partial charge in [-0.1, -0.05) is 6.92 Å². The molecule has 2 heterocycles. The van der Waals surface area contributed by atoms with Crippen molar-refractivity contribution in [3.05, 3.63) is 21.9 Å². The molecular formula is C15H24N2OS2. The van der Waals surface area contributed by atoms with Crippen LogP contribution in [0, 0.1) is 6.92 Å². The standard InChI is InChI=1S/C15H24N2OS2/c1-5-19-9-8-10(2)17-14(16-12(4)15(17)18)13-7-6-11(3)20-13/h6-7,10,12,14,16H,5,8-9H2,1-4H3. The van der Waals surface area contributed by atoms with Crippen LogP contribution in [0.2, 0.25) is 0 Å². The monoisotopic (exact) mass is 312 g/mol. The molecule has 3 unspecified atom stereocenters. The number of hydrogen-bond donors (Lipinski definition) is 1. The second-order valence-corrected chi connectivity index (χ2v) is 8.03. The zero-order valence-electron chi connectivity index (χ0n) is 12.7. The Bertz CT molecular complexity index is 460. The van der Waals surface area contributed by atoms with E-state index in [2.05, 4.69) is 38.2 Å². The molecule has 112 valence electrons. The van der Waals surface area contributed by atoms with Crippen LogP contribution in [0.15, 0.2) is 12.1 Å². The third kappa shape index (κ3) is 3.38. The molecule has 1 saturated heterocycles. The minimum absolute atomic E-state index is 0.0535. The van der Waals surface area contributed by atoms with Gasteiger partial charge in [-0.25, -0.2) is 0 Å². The van der Waals surface area contributed by atoms with E-state index in [1.807, 2.05) is 23.6 Å². The number of aryl methyl sites for hydroxylation is 1. The molecule has 0 aromatic carbocycles. The van der Waals surface area contributed by atoms with Gasteiger partial charge in [-0.15, -0.1) is 11.3 Å². The van der Waals surface area contributed by atoms with Crippen LogP contribution in [0.5, 0.6) is 0 Å². The Morgan fingerprint density at radius 1 is 1.50 bits per heavy atom. The Balaban J connectivity index is 2.11. The fraction of sp³-hybridized carbons (Fsp3) is 0.667. The Labute approximate surface area is 130 Å². The molecular weight excluding hydrogens is 288 g/mol. The van der Waals surface area contributed by atoms with Gasteiger partial charge in [0.1, 0.15) is 6.17 Å². The molecule has 5 heteroatoms. The van der Waals surface area contributed by atoms with Crippen molar-refractivity contribution in [1.82, 2.24) is 10.2 Å². The second kappa shape index (κ2) is 6.96. The fourth-order valence-corrected chi connectivity index (χ4v) is 4.30. The van der Waals surface area contributed by atoms with E-state index in [1.54, 1.807) is 11.3 Å². The predicted octanol–water partition coefficient (Wildman–Crippen LogP) is 3.41. The molecule has 0 aliphatic carbocycles. The number of rotatable bonds is 6. The molecule has 0 radical (unpaired) electrons. The summed E-state index contributed by atoms with van der Waals surface area (Å²) in [5.41, 5.74) is 0. The largest absolute Gasteiger partial charge is 0.318 e. The Kier molecular flexibility index (Phi) is 5.52. The fourth-order valence-electron chi connectivity index (χ4n) is 2.57. The lowest BCUT2D eigenvalue weighted by atomic mass is 10.2. The van der Waals surface area contributed by atoms with Gasteiger partial charge < -0.3 is 4.90 Å². The SMILES string of the molecule is CCSCCC(C)N1C(=O)C(C)NC1c1ccc(C)s1. The van der Waals surface area contributed by atoms with Gasteiger partial charge in [-0.05, 0) is 50.8 Å². The molecule has 1 N–H and O–H groups in total. The molecule has 2 rings (SSSR count). The van der Waals surface area contributed by atoms with Crippen molar-refractivity contribution in [2.75, 3.05) is 11.5 Å². The van der Waals surface area contributed by atoms with Crippen LogP contribution in [0.1, 0.15) is 43.1 Å². The minimum Gasteiger partial charge on any atom is -0.318 e. The number of carbonyl (C=O) groups excluding carboxylic acids is 1. The third-order valence-electron chi connectivity index (χ3n) is 3.70. The average Bonchev–Trinajstić information content (AvgIpc) is 2.95. The maximum absolute atomic E-state index is 12.4. The molecule has 1 amide bonds. The summed E-state index contributed by atoms with van der Waals surface area (Å²) in [6, 6.07) is 4.48. The predicted molar refractivity (Wildman–Crippen MR) is 88.3 cm³/mol. The van der Waals surface area contributed by atoms with E-state index in [1.165, 1.54) is 9.75 Å². The Hall–Kier alpha value is -0.520. The van der Waals surface area contributed by atoms with Crippen molar-refractivity contribution in [2.45, 2.75) is 52.4 Å². The second-order valence-electron chi connectivity index (χ2n) is 5.32. The zero-order valence-corrected chi connectivity index (χ0v) is 14.3. The maximum atomic E-state index is 12.4. The number of thiophene rings is 1. The first-order chi connectivity index (χ1) is 9.54. The maximum Gasteiger partial charge on any atom is 0.241 e. The lowest BCUT2D eigenvalue weighted by molar-refractivity contribution is -0.131. The average molecular weight is 313 g/mol. The lowest BCUT2D eigenvalue weighted by Crippen LogP contribution is -2.38. The zero-order chi connectivity index (χ0) is 14.7. The van der Waals surface area contributed by atoms with Crippen LogP contribution < -0.4 is 5.32 Å². The number of hydrogen-bond acceptors (Lipinski definition) is 4. The van der Waals surface area contributed by atoms with Crippen molar-refractivity contribution < 1.29 is 4.79 Å². The number of carbonyl (C=O) groups is 1. The summed E-state index contributed by atoms with van der Waals surface area (Å²) >= 11 is 3.72. The molecule has 3 atom stereocenters. The highest BCUT2D eigenvalue weighted by molar-refractivity contribution is 7.99. The van der Waals surface area contributed by atoms with E-state index in [-0.39, 0.29) is 24.2 Å². The van der Waals surface area contributed by atoms with Gasteiger partial charge in [-0.3, -0.25) is 10.1 Å². The molecule has 0 spiro atoms. The first kappa shape index (κ1) is 15.9. The lowest BCUT2D eigenvalue weighted by Gasteiger charge is -2.30. The summed E-state index contributed by atoms with van der Waals surface area (Å²) < 4.78 is 0. The van der Waals surface area contributed by atoms with Crippen molar-refractivity contribution in [3.63, 3.8) is 0 Å². The van der Waals surface area contributed by atoms with Crippen molar-refractivity contribution in [1.29, 1.82) is 0 Å². The van der Waals surface area contributed by atoms with E-state index in [4.69, 9.17) is 0 Å². The van der Waals surface area contributed by atoms with Gasteiger partial charge in [0, 0.05) is 15.8 Å². The highest BCUT2D eigenvalue weighted by Crippen LogP contribution is 2.32. The Morgan fingerprint density at radius 2 is 2.25 bits per heavy atom. The summed E-state index contributed by atoms with van der Waals surface area (Å²) in [6.45, 7) is 8.42. The van der Waals surface area contributed by atoms with Crippen molar-refractivity contribution in [2.24, 2.45) is 0 Å². The molecule has 1 fully saturated rings. The van der Waals surface area contributed by atoms with Gasteiger partial charge in [0.15, 0.2) is 0 Å². The molecule has 1 aliphatic rings. The van der Waals surface area contributed by atoms with Crippen LogP contribution in [-0.2, 0) is 4.79 Å². The smallest absolute Gasteiger partial charge is 0.241 e. The van der Waals surface area contributed by atoms with Crippen LogP contribution in [-0.4, -0.2) is 34.4 Å². The van der Waals surface area contributed by atoms with Crippen molar-refractivity contribution in [3.8, 4) is 0 Å². The minimum atomic E-state index is -0.0799. The molecule has 20 heavy (non-hydrogen) atoms. The molecule has 0 saturated carbocycles. The van der Waals surface area contributed by atoms with Gasteiger partial charge >= 0.3 is 0 Å². The summed E-state index contributed by atoms with van der Waals surface area (Å²) in [6.07, 6.45) is 1.11. The van der Waals surface area contributed by atoms with Crippen LogP contribution in [0.4, 0.5) is 0 Å². The van der Waals surface area contributed by atoms with Crippen LogP contribution in [0.3, 0.4) is 0 Å². The van der Waals surface area contributed by atoms with Gasteiger partial charge in [0.05, 0.1) is 6.04 Å². The summed E-state index contributed by atoms with van der Waals surface area (Å²) in [5.74, 6) is 2.49. The van der Waals surface area contributed by atoms with Gasteiger partial charge in [0.2, 0.25) is 5.91 Å². The first-order valence-corrected chi connectivity index (χ1v) is 9.24. The first-order valence-electron chi connectivity index (χ1n) is 7.27. The van der Waals surface area contributed by atoms with Crippen LogP contribution in [0.25, 0.3) is 0 Å². The highest BCUT2D eigenvalue weighted by atomic mass is 32.2. The van der Waals surface area contributed by atoms with E-state index < -0.39 is 0 Å². The number of nitrogens with zero attached hydrogens (tertiary/aromatic N) is 1. The quantitative estimate of drug-likeness (QED) is 0.817. The molecule has 3 nitrogen and oxygen atoms in total. The van der Waals surface area contributed by atoms with Crippen molar-refractivity contribution >= 4 is 29.0 Å². The van der Waals surface area contributed by atoms with E-state index in [0.717, 1.165) is 17.9 Å². The number of nitrogens with one attached hydrogen (secondary N) is 1. The highest BCUT2D eigenvalue weighted by Gasteiger charge is 2.40. The number of amides is 1. The van der Waals surface area contributed by atoms with E-state index in [9.17, 15) is 4.79 Å².